The van der Waals surface area contributed by atoms with Crippen LogP contribution in [0, 0.1) is 11.8 Å². The Kier molecular flexibility index (Phi) is 5.16. The van der Waals surface area contributed by atoms with Crippen LogP contribution in [0.2, 0.25) is 0 Å². The SMILES string of the molecule is Cn1cc2c(c(C(=O)N3CC[C@@H]4CCCC[C@H]4C3)c1=O)CCN(C(=O)c1ncc[nH]1)C2. The zero-order valence-electron chi connectivity index (χ0n) is 18.0. The molecular weight excluding hydrogens is 394 g/mol. The maximum absolute atomic E-state index is 13.5. The Bertz CT molecular complexity index is 1060. The highest BCUT2D eigenvalue weighted by molar-refractivity contribution is 5.96. The standard InChI is InChI=1S/C23H29N5O3/c1-26-12-17-14-28(23(31)20-24-8-9-25-20)11-7-18(17)19(21(26)29)22(30)27-10-6-15-4-2-3-5-16(15)13-27/h8-9,12,15-16H,2-7,10-11,13-14H2,1H3,(H,24,25)/t15-,16-/m0/s1. The number of nitrogens with zero attached hydrogens (tertiary/aromatic N) is 4. The number of pyridine rings is 1. The van der Waals surface area contributed by atoms with Crippen molar-refractivity contribution in [3.63, 3.8) is 0 Å². The molecular formula is C23H29N5O3. The van der Waals surface area contributed by atoms with Crippen LogP contribution in [0.5, 0.6) is 0 Å². The Labute approximate surface area is 181 Å². The molecule has 1 aliphatic carbocycles. The second-order valence-electron chi connectivity index (χ2n) is 9.18. The van der Waals surface area contributed by atoms with Crippen LogP contribution in [-0.4, -0.2) is 55.8 Å². The highest BCUT2D eigenvalue weighted by Crippen LogP contribution is 2.36. The van der Waals surface area contributed by atoms with E-state index in [0.717, 1.165) is 36.6 Å². The number of aryl methyl sites for hydroxylation is 1. The van der Waals surface area contributed by atoms with Crippen molar-refractivity contribution in [1.29, 1.82) is 0 Å². The summed E-state index contributed by atoms with van der Waals surface area (Å²) in [5.41, 5.74) is 1.74. The third-order valence-electron chi connectivity index (χ3n) is 7.35. The maximum atomic E-state index is 13.5. The highest BCUT2D eigenvalue weighted by atomic mass is 16.2. The van der Waals surface area contributed by atoms with Gasteiger partial charge in [0.1, 0.15) is 5.56 Å². The van der Waals surface area contributed by atoms with Crippen molar-refractivity contribution < 1.29 is 9.59 Å². The van der Waals surface area contributed by atoms with E-state index in [9.17, 15) is 14.4 Å². The first-order valence-electron chi connectivity index (χ1n) is 11.3. The third kappa shape index (κ3) is 3.58. The van der Waals surface area contributed by atoms with E-state index in [1.165, 1.54) is 30.3 Å². The van der Waals surface area contributed by atoms with E-state index in [-0.39, 0.29) is 17.4 Å². The van der Waals surface area contributed by atoms with Gasteiger partial charge >= 0.3 is 0 Å². The van der Waals surface area contributed by atoms with E-state index < -0.39 is 0 Å². The number of imidazole rings is 1. The van der Waals surface area contributed by atoms with E-state index in [1.807, 2.05) is 4.90 Å². The molecule has 164 valence electrons. The lowest BCUT2D eigenvalue weighted by Crippen LogP contribution is -2.47. The molecule has 31 heavy (non-hydrogen) atoms. The Morgan fingerprint density at radius 1 is 1.06 bits per heavy atom. The number of hydrogen-bond acceptors (Lipinski definition) is 4. The minimum Gasteiger partial charge on any atom is -0.341 e. The fraction of sp³-hybridized carbons (Fsp3) is 0.565. The molecule has 0 radical (unpaired) electrons. The van der Waals surface area contributed by atoms with Crippen molar-refractivity contribution in [2.24, 2.45) is 18.9 Å². The minimum atomic E-state index is -0.236. The Morgan fingerprint density at radius 2 is 1.87 bits per heavy atom. The first kappa shape index (κ1) is 20.0. The number of carbonyl (C=O) groups is 2. The summed E-state index contributed by atoms with van der Waals surface area (Å²) >= 11 is 0. The molecule has 2 aromatic rings. The number of piperidine rings is 1. The molecule has 2 atom stereocenters. The molecule has 4 heterocycles. The first-order valence-corrected chi connectivity index (χ1v) is 11.3. The van der Waals surface area contributed by atoms with Gasteiger partial charge in [-0.3, -0.25) is 14.4 Å². The number of fused-ring (bicyclic) bond motifs is 2. The molecule has 1 saturated carbocycles. The lowest BCUT2D eigenvalue weighted by Gasteiger charge is -2.41. The van der Waals surface area contributed by atoms with Crippen molar-refractivity contribution in [2.45, 2.75) is 45.1 Å². The lowest BCUT2D eigenvalue weighted by atomic mass is 9.75. The number of amides is 2. The van der Waals surface area contributed by atoms with E-state index in [2.05, 4.69) is 9.97 Å². The molecule has 2 aromatic heterocycles. The Morgan fingerprint density at radius 3 is 2.65 bits per heavy atom. The number of likely N-dealkylation sites (tertiary alicyclic amines) is 1. The molecule has 1 saturated heterocycles. The molecule has 2 fully saturated rings. The van der Waals surface area contributed by atoms with Crippen LogP contribution < -0.4 is 5.56 Å². The third-order valence-corrected chi connectivity index (χ3v) is 7.35. The van der Waals surface area contributed by atoms with Crippen molar-refractivity contribution in [3.8, 4) is 0 Å². The van der Waals surface area contributed by atoms with Gasteiger partial charge in [-0.1, -0.05) is 19.3 Å². The van der Waals surface area contributed by atoms with Gasteiger partial charge in [-0.05, 0) is 42.2 Å². The first-order chi connectivity index (χ1) is 15.0. The van der Waals surface area contributed by atoms with Gasteiger partial charge in [0.2, 0.25) is 0 Å². The van der Waals surface area contributed by atoms with Crippen molar-refractivity contribution in [1.82, 2.24) is 24.3 Å². The van der Waals surface area contributed by atoms with Crippen molar-refractivity contribution in [3.05, 3.63) is 51.5 Å². The van der Waals surface area contributed by atoms with Crippen LogP contribution in [0.4, 0.5) is 0 Å². The normalized spacial score (nSPS) is 23.3. The quantitative estimate of drug-likeness (QED) is 0.799. The van der Waals surface area contributed by atoms with E-state index in [1.54, 1.807) is 30.5 Å². The van der Waals surface area contributed by atoms with E-state index in [0.29, 0.717) is 36.8 Å². The number of rotatable bonds is 2. The monoisotopic (exact) mass is 423 g/mol. The van der Waals surface area contributed by atoms with Crippen molar-refractivity contribution >= 4 is 11.8 Å². The van der Waals surface area contributed by atoms with Gasteiger partial charge in [-0.15, -0.1) is 0 Å². The van der Waals surface area contributed by atoms with Crippen LogP contribution in [-0.2, 0) is 20.0 Å². The maximum Gasteiger partial charge on any atom is 0.289 e. The van der Waals surface area contributed by atoms with Crippen LogP contribution in [0.25, 0.3) is 0 Å². The molecule has 8 nitrogen and oxygen atoms in total. The summed E-state index contributed by atoms with van der Waals surface area (Å²) in [6, 6.07) is 0. The summed E-state index contributed by atoms with van der Waals surface area (Å²) in [4.78, 5) is 49.8. The smallest absolute Gasteiger partial charge is 0.289 e. The fourth-order valence-electron chi connectivity index (χ4n) is 5.66. The van der Waals surface area contributed by atoms with Gasteiger partial charge in [-0.2, -0.15) is 0 Å². The molecule has 2 amide bonds. The average molecular weight is 424 g/mol. The predicted molar refractivity (Wildman–Crippen MR) is 115 cm³/mol. The summed E-state index contributed by atoms with van der Waals surface area (Å²) in [6.07, 6.45) is 11.5. The minimum absolute atomic E-state index is 0.132. The number of carbonyl (C=O) groups excluding carboxylic acids is 2. The van der Waals surface area contributed by atoms with Crippen LogP contribution >= 0.6 is 0 Å². The zero-order chi connectivity index (χ0) is 21.5. The molecule has 2 aliphatic heterocycles. The zero-order valence-corrected chi connectivity index (χ0v) is 18.0. The fourth-order valence-corrected chi connectivity index (χ4v) is 5.66. The summed E-state index contributed by atoms with van der Waals surface area (Å²) < 4.78 is 1.49. The summed E-state index contributed by atoms with van der Waals surface area (Å²) in [6.45, 7) is 2.33. The van der Waals surface area contributed by atoms with Crippen LogP contribution in [0.15, 0.2) is 23.4 Å². The second kappa shape index (κ2) is 7.98. The molecule has 0 bridgehead atoms. The summed E-state index contributed by atoms with van der Waals surface area (Å²) in [7, 11) is 1.68. The molecule has 0 spiro atoms. The van der Waals surface area contributed by atoms with Gasteiger partial charge in [0.15, 0.2) is 5.82 Å². The van der Waals surface area contributed by atoms with Gasteiger partial charge in [0, 0.05) is 51.8 Å². The topological polar surface area (TPSA) is 91.3 Å². The molecule has 5 rings (SSSR count). The Hall–Kier alpha value is -2.90. The van der Waals surface area contributed by atoms with Crippen LogP contribution in [0.1, 0.15) is 64.2 Å². The average Bonchev–Trinajstić information content (AvgIpc) is 3.33. The number of nitrogens with one attached hydrogen (secondary N) is 1. The number of hydrogen-bond donors (Lipinski definition) is 1. The summed E-state index contributed by atoms with van der Waals surface area (Å²) in [5.74, 6) is 1.30. The number of aromatic amines is 1. The molecule has 3 aliphatic rings. The number of aromatic nitrogens is 3. The van der Waals surface area contributed by atoms with E-state index in [4.69, 9.17) is 0 Å². The molecule has 8 heteroatoms. The van der Waals surface area contributed by atoms with Gasteiger partial charge in [0.25, 0.3) is 17.4 Å². The Balaban J connectivity index is 1.42. The second-order valence-corrected chi connectivity index (χ2v) is 9.18. The van der Waals surface area contributed by atoms with Gasteiger partial charge in [0.05, 0.1) is 0 Å². The highest BCUT2D eigenvalue weighted by Gasteiger charge is 2.36. The largest absolute Gasteiger partial charge is 0.341 e. The molecule has 0 unspecified atom stereocenters. The summed E-state index contributed by atoms with van der Waals surface area (Å²) in [5, 5.41) is 0. The van der Waals surface area contributed by atoms with E-state index >= 15 is 0 Å². The molecule has 0 aromatic carbocycles. The van der Waals surface area contributed by atoms with Gasteiger partial charge in [-0.25, -0.2) is 4.98 Å². The number of H-pyrrole nitrogens is 1. The predicted octanol–water partition coefficient (Wildman–Crippen LogP) is 1.96. The van der Waals surface area contributed by atoms with Crippen LogP contribution in [0.3, 0.4) is 0 Å². The van der Waals surface area contributed by atoms with Gasteiger partial charge < -0.3 is 19.4 Å². The lowest BCUT2D eigenvalue weighted by molar-refractivity contribution is 0.0517. The molecule has 1 N–H and O–H groups in total. The van der Waals surface area contributed by atoms with Crippen molar-refractivity contribution in [2.75, 3.05) is 19.6 Å².